The molecular weight excluding hydrogens is 340 g/mol. The first-order valence-electron chi connectivity index (χ1n) is 9.43. The smallest absolute Gasteiger partial charge is 0.0949 e. The number of hydrogen-bond acceptors (Lipinski definition) is 3. The molecular formula is C21H26N4S. The van der Waals surface area contributed by atoms with Gasteiger partial charge < -0.3 is 9.13 Å². The fourth-order valence-electron chi connectivity index (χ4n) is 3.99. The summed E-state index contributed by atoms with van der Waals surface area (Å²) >= 11 is 2.09. The van der Waals surface area contributed by atoms with Crippen molar-refractivity contribution in [1.29, 1.82) is 0 Å². The largest absolute Gasteiger partial charge is 0.332 e. The monoisotopic (exact) mass is 366 g/mol. The first-order chi connectivity index (χ1) is 12.8. The lowest BCUT2D eigenvalue weighted by molar-refractivity contribution is 0.313. The SMILES string of the molecule is Cc1ccc(CSC2CCCCC(n3ccnc3)C2n2ccnc2)cc1. The molecule has 4 rings (SSSR count). The highest BCUT2D eigenvalue weighted by molar-refractivity contribution is 7.99. The van der Waals surface area contributed by atoms with Gasteiger partial charge in [-0.1, -0.05) is 42.7 Å². The van der Waals surface area contributed by atoms with Gasteiger partial charge in [0.15, 0.2) is 0 Å². The Bertz CT molecular complexity index is 780. The second-order valence-electron chi connectivity index (χ2n) is 7.20. The van der Waals surface area contributed by atoms with Crippen LogP contribution in [0.4, 0.5) is 0 Å². The van der Waals surface area contributed by atoms with Crippen molar-refractivity contribution >= 4 is 11.8 Å². The quantitative estimate of drug-likeness (QED) is 0.593. The van der Waals surface area contributed by atoms with E-state index in [1.807, 2.05) is 25.0 Å². The minimum atomic E-state index is 0.407. The summed E-state index contributed by atoms with van der Waals surface area (Å²) in [6.07, 6.45) is 17.0. The van der Waals surface area contributed by atoms with E-state index in [0.29, 0.717) is 17.3 Å². The van der Waals surface area contributed by atoms with E-state index >= 15 is 0 Å². The lowest BCUT2D eigenvalue weighted by atomic mass is 10.0. The summed E-state index contributed by atoms with van der Waals surface area (Å²) in [7, 11) is 0. The summed E-state index contributed by atoms with van der Waals surface area (Å²) in [6, 6.07) is 9.79. The molecule has 1 saturated carbocycles. The Morgan fingerprint density at radius 1 is 0.962 bits per heavy atom. The Morgan fingerprint density at radius 3 is 2.35 bits per heavy atom. The summed E-state index contributed by atoms with van der Waals surface area (Å²) in [6.45, 7) is 2.15. The van der Waals surface area contributed by atoms with Gasteiger partial charge in [0, 0.05) is 35.8 Å². The second-order valence-corrected chi connectivity index (χ2v) is 8.42. The van der Waals surface area contributed by atoms with Gasteiger partial charge >= 0.3 is 0 Å². The molecule has 0 spiro atoms. The summed E-state index contributed by atoms with van der Waals surface area (Å²) in [5, 5.41) is 0.570. The molecule has 1 aromatic carbocycles. The maximum Gasteiger partial charge on any atom is 0.0949 e. The minimum absolute atomic E-state index is 0.407. The number of thioether (sulfide) groups is 1. The maximum atomic E-state index is 4.34. The molecule has 0 N–H and O–H groups in total. The van der Waals surface area contributed by atoms with Crippen molar-refractivity contribution in [3.63, 3.8) is 0 Å². The highest BCUT2D eigenvalue weighted by Gasteiger charge is 2.34. The normalized spacial score (nSPS) is 23.7. The molecule has 1 aliphatic carbocycles. The van der Waals surface area contributed by atoms with Crippen molar-refractivity contribution in [2.24, 2.45) is 0 Å². The molecule has 3 aromatic rings. The third-order valence-electron chi connectivity index (χ3n) is 5.38. The van der Waals surface area contributed by atoms with Crippen LogP contribution in [0.1, 0.15) is 48.9 Å². The fourth-order valence-corrected chi connectivity index (χ4v) is 5.44. The minimum Gasteiger partial charge on any atom is -0.332 e. The van der Waals surface area contributed by atoms with Crippen molar-refractivity contribution in [2.45, 2.75) is 55.7 Å². The zero-order chi connectivity index (χ0) is 17.8. The van der Waals surface area contributed by atoms with E-state index in [0.717, 1.165) is 5.75 Å². The number of benzene rings is 1. The van der Waals surface area contributed by atoms with Crippen LogP contribution in [-0.2, 0) is 5.75 Å². The molecule has 5 heteroatoms. The van der Waals surface area contributed by atoms with E-state index in [1.54, 1.807) is 0 Å². The van der Waals surface area contributed by atoms with Crippen molar-refractivity contribution in [1.82, 2.24) is 19.1 Å². The summed E-state index contributed by atoms with van der Waals surface area (Å²) < 4.78 is 4.62. The number of hydrogen-bond donors (Lipinski definition) is 0. The van der Waals surface area contributed by atoms with Gasteiger partial charge in [-0.2, -0.15) is 11.8 Å². The van der Waals surface area contributed by atoms with Crippen LogP contribution in [0.25, 0.3) is 0 Å². The molecule has 0 bridgehead atoms. The third kappa shape index (κ3) is 3.88. The zero-order valence-corrected chi connectivity index (χ0v) is 16.1. The number of rotatable bonds is 5. The maximum absolute atomic E-state index is 4.34. The average Bonchev–Trinajstić information content (AvgIpc) is 3.33. The number of aromatic nitrogens is 4. The van der Waals surface area contributed by atoms with Crippen LogP contribution in [-0.4, -0.2) is 24.4 Å². The van der Waals surface area contributed by atoms with Crippen molar-refractivity contribution in [3.05, 3.63) is 72.8 Å². The van der Waals surface area contributed by atoms with Crippen molar-refractivity contribution < 1.29 is 0 Å². The summed E-state index contributed by atoms with van der Waals surface area (Å²) in [5.74, 6) is 1.06. The van der Waals surface area contributed by atoms with E-state index in [4.69, 9.17) is 0 Å². The molecule has 0 amide bonds. The molecule has 1 fully saturated rings. The van der Waals surface area contributed by atoms with Crippen LogP contribution in [0, 0.1) is 6.92 Å². The third-order valence-corrected chi connectivity index (χ3v) is 6.82. The lowest BCUT2D eigenvalue weighted by Crippen LogP contribution is -2.29. The first kappa shape index (κ1) is 17.4. The Balaban J connectivity index is 1.58. The van der Waals surface area contributed by atoms with Gasteiger partial charge in [0.25, 0.3) is 0 Å². The lowest BCUT2D eigenvalue weighted by Gasteiger charge is -2.33. The fraction of sp³-hybridized carbons (Fsp3) is 0.429. The van der Waals surface area contributed by atoms with Crippen LogP contribution >= 0.6 is 11.8 Å². The summed E-state index contributed by atoms with van der Waals surface area (Å²) in [4.78, 5) is 8.64. The molecule has 3 unspecified atom stereocenters. The molecule has 4 nitrogen and oxygen atoms in total. The predicted molar refractivity (Wildman–Crippen MR) is 107 cm³/mol. The van der Waals surface area contributed by atoms with Crippen molar-refractivity contribution in [2.75, 3.05) is 0 Å². The van der Waals surface area contributed by atoms with Crippen LogP contribution in [0.5, 0.6) is 0 Å². The molecule has 0 saturated heterocycles. The number of nitrogens with zero attached hydrogens (tertiary/aromatic N) is 4. The topological polar surface area (TPSA) is 35.6 Å². The molecule has 3 atom stereocenters. The van der Waals surface area contributed by atoms with Gasteiger partial charge in [-0.05, 0) is 25.3 Å². The average molecular weight is 367 g/mol. The molecule has 0 radical (unpaired) electrons. The first-order valence-corrected chi connectivity index (χ1v) is 10.5. The molecule has 136 valence electrons. The Morgan fingerprint density at radius 2 is 1.65 bits per heavy atom. The van der Waals surface area contributed by atoms with E-state index in [2.05, 4.69) is 74.4 Å². The number of aryl methyl sites for hydroxylation is 1. The van der Waals surface area contributed by atoms with E-state index in [1.165, 1.54) is 36.8 Å². The van der Waals surface area contributed by atoms with E-state index in [9.17, 15) is 0 Å². The molecule has 2 heterocycles. The predicted octanol–water partition coefficient (Wildman–Crippen LogP) is 5.05. The Kier molecular flexibility index (Phi) is 5.44. The van der Waals surface area contributed by atoms with Crippen molar-refractivity contribution in [3.8, 4) is 0 Å². The van der Waals surface area contributed by atoms with Gasteiger partial charge in [0.05, 0.1) is 24.7 Å². The standard InChI is InChI=1S/C21H26N4S/c1-17-6-8-18(9-7-17)14-26-20-5-3-2-4-19(24-12-10-22-15-24)21(20)25-13-11-23-16-25/h6-13,15-16,19-21H,2-5,14H2,1H3. The van der Waals surface area contributed by atoms with E-state index < -0.39 is 0 Å². The Labute approximate surface area is 159 Å². The summed E-state index contributed by atoms with van der Waals surface area (Å²) in [5.41, 5.74) is 2.73. The molecule has 2 aromatic heterocycles. The van der Waals surface area contributed by atoms with Gasteiger partial charge in [0.1, 0.15) is 0 Å². The highest BCUT2D eigenvalue weighted by Crippen LogP contribution is 2.42. The molecule has 1 aliphatic rings. The molecule has 0 aliphatic heterocycles. The van der Waals surface area contributed by atoms with Gasteiger partial charge in [-0.25, -0.2) is 9.97 Å². The van der Waals surface area contributed by atoms with E-state index in [-0.39, 0.29) is 0 Å². The van der Waals surface area contributed by atoms with Crippen LogP contribution in [0.3, 0.4) is 0 Å². The second kappa shape index (κ2) is 8.12. The van der Waals surface area contributed by atoms with Gasteiger partial charge in [-0.15, -0.1) is 0 Å². The van der Waals surface area contributed by atoms with Crippen LogP contribution in [0.15, 0.2) is 61.7 Å². The van der Waals surface area contributed by atoms with Crippen LogP contribution < -0.4 is 0 Å². The highest BCUT2D eigenvalue weighted by atomic mass is 32.2. The van der Waals surface area contributed by atoms with Gasteiger partial charge in [0.2, 0.25) is 0 Å². The Hall–Kier alpha value is -2.01. The van der Waals surface area contributed by atoms with Crippen LogP contribution in [0.2, 0.25) is 0 Å². The molecule has 26 heavy (non-hydrogen) atoms. The number of imidazole rings is 2. The zero-order valence-electron chi connectivity index (χ0n) is 15.2. The van der Waals surface area contributed by atoms with Gasteiger partial charge in [-0.3, -0.25) is 0 Å².